The van der Waals surface area contributed by atoms with Crippen LogP contribution in [-0.4, -0.2) is 42.6 Å². The lowest BCUT2D eigenvalue weighted by Gasteiger charge is -2.18. The number of H-pyrrole nitrogens is 1. The van der Waals surface area contributed by atoms with Crippen molar-refractivity contribution in [3.05, 3.63) is 54.5 Å². The summed E-state index contributed by atoms with van der Waals surface area (Å²) in [6.45, 7) is 0. The number of aromatic nitrogens is 2. The first-order valence-electron chi connectivity index (χ1n) is 8.40. The molecule has 1 unspecified atom stereocenters. The highest BCUT2D eigenvalue weighted by molar-refractivity contribution is 7.98. The first-order valence-corrected chi connectivity index (χ1v) is 11.3. The highest BCUT2D eigenvalue weighted by Gasteiger charge is 2.27. The summed E-state index contributed by atoms with van der Waals surface area (Å²) in [6.07, 6.45) is 3.74. The Morgan fingerprint density at radius 3 is 2.82 bits per heavy atom. The smallest absolute Gasteiger partial charge is 0.244 e. The molecule has 0 bridgehead atoms. The fourth-order valence-electron chi connectivity index (χ4n) is 2.64. The van der Waals surface area contributed by atoms with Gasteiger partial charge in [0.1, 0.15) is 16.8 Å². The van der Waals surface area contributed by atoms with Crippen molar-refractivity contribution in [1.29, 1.82) is 0 Å². The van der Waals surface area contributed by atoms with Crippen molar-refractivity contribution in [2.75, 3.05) is 17.3 Å². The van der Waals surface area contributed by atoms with Crippen LogP contribution in [-0.2, 0) is 14.8 Å². The van der Waals surface area contributed by atoms with Crippen LogP contribution in [0.2, 0.25) is 0 Å². The van der Waals surface area contributed by atoms with Gasteiger partial charge in [-0.15, -0.1) is 0 Å². The first kappa shape index (κ1) is 20.3. The molecule has 1 heterocycles. The van der Waals surface area contributed by atoms with Gasteiger partial charge in [0, 0.05) is 11.1 Å². The fraction of sp³-hybridized carbons (Fsp3) is 0.222. The molecule has 0 aliphatic carbocycles. The molecule has 3 aromatic rings. The number of aromatic amines is 1. The molecule has 0 saturated heterocycles. The molecule has 3 rings (SSSR count). The number of rotatable bonds is 8. The number of thioether (sulfide) groups is 1. The van der Waals surface area contributed by atoms with Gasteiger partial charge in [0.25, 0.3) is 0 Å². The van der Waals surface area contributed by atoms with E-state index in [-0.39, 0.29) is 6.42 Å². The van der Waals surface area contributed by atoms with Gasteiger partial charge in [-0.3, -0.25) is 9.89 Å². The molecule has 28 heavy (non-hydrogen) atoms. The van der Waals surface area contributed by atoms with E-state index >= 15 is 0 Å². The van der Waals surface area contributed by atoms with Crippen LogP contribution in [0.1, 0.15) is 6.42 Å². The van der Waals surface area contributed by atoms with Crippen molar-refractivity contribution < 1.29 is 17.6 Å². The summed E-state index contributed by atoms with van der Waals surface area (Å²) in [5.41, 5.74) is 1.33. The second kappa shape index (κ2) is 8.72. The third-order valence-electron chi connectivity index (χ3n) is 4.06. The Balaban J connectivity index is 1.80. The molecule has 0 saturated carbocycles. The number of hydrogen-bond donors (Lipinski definition) is 3. The number of carbonyl (C=O) groups excluding carboxylic acids is 1. The zero-order valence-corrected chi connectivity index (χ0v) is 16.6. The van der Waals surface area contributed by atoms with Gasteiger partial charge in [0.15, 0.2) is 0 Å². The number of sulfonamides is 1. The summed E-state index contributed by atoms with van der Waals surface area (Å²) in [5, 5.41) is 10.3. The Bertz CT molecular complexity index is 1090. The monoisotopic (exact) mass is 422 g/mol. The van der Waals surface area contributed by atoms with Crippen molar-refractivity contribution >= 4 is 44.3 Å². The standard InChI is InChI=1S/C18H19FN4O3S2/c1-27-9-8-16(23-28(25,26)17-5-3-2-4-14(17)19)18(24)21-13-6-7-15-12(10-13)11-20-22-15/h2-7,10-11,16,23H,8-9H2,1H3,(H,20,22)(H,21,24). The number of nitrogens with one attached hydrogen (secondary N) is 3. The van der Waals surface area contributed by atoms with Gasteiger partial charge in [-0.25, -0.2) is 12.8 Å². The van der Waals surface area contributed by atoms with E-state index in [0.29, 0.717) is 11.4 Å². The molecule has 10 heteroatoms. The lowest BCUT2D eigenvalue weighted by atomic mass is 10.2. The summed E-state index contributed by atoms with van der Waals surface area (Å²) in [6, 6.07) is 9.19. The van der Waals surface area contributed by atoms with E-state index in [0.717, 1.165) is 23.0 Å². The van der Waals surface area contributed by atoms with Gasteiger partial charge in [-0.2, -0.15) is 21.6 Å². The van der Waals surface area contributed by atoms with Crippen molar-refractivity contribution in [3.63, 3.8) is 0 Å². The van der Waals surface area contributed by atoms with Crippen LogP contribution in [0, 0.1) is 5.82 Å². The first-order chi connectivity index (χ1) is 13.4. The van der Waals surface area contributed by atoms with Gasteiger partial charge in [0.05, 0.1) is 11.7 Å². The van der Waals surface area contributed by atoms with Crippen LogP contribution < -0.4 is 10.0 Å². The molecule has 0 fully saturated rings. The lowest BCUT2D eigenvalue weighted by Crippen LogP contribution is -2.44. The Hall–Kier alpha value is -2.43. The van der Waals surface area contributed by atoms with E-state index in [9.17, 15) is 17.6 Å². The number of nitrogens with zero attached hydrogens (tertiary/aromatic N) is 1. The molecule has 1 atom stereocenters. The maximum absolute atomic E-state index is 13.9. The average molecular weight is 423 g/mol. The predicted molar refractivity (Wildman–Crippen MR) is 108 cm³/mol. The minimum absolute atomic E-state index is 0.259. The quantitative estimate of drug-likeness (QED) is 0.518. The Morgan fingerprint density at radius 1 is 1.29 bits per heavy atom. The average Bonchev–Trinajstić information content (AvgIpc) is 3.13. The van der Waals surface area contributed by atoms with Crippen LogP contribution in [0.4, 0.5) is 10.1 Å². The zero-order chi connectivity index (χ0) is 20.1. The van der Waals surface area contributed by atoms with Gasteiger partial charge in [0.2, 0.25) is 15.9 Å². The number of hydrogen-bond acceptors (Lipinski definition) is 5. The van der Waals surface area contributed by atoms with E-state index in [2.05, 4.69) is 20.2 Å². The topological polar surface area (TPSA) is 104 Å². The minimum atomic E-state index is -4.19. The molecular formula is C18H19FN4O3S2. The van der Waals surface area contributed by atoms with Crippen molar-refractivity contribution in [2.24, 2.45) is 0 Å². The zero-order valence-electron chi connectivity index (χ0n) is 15.0. The highest BCUT2D eigenvalue weighted by atomic mass is 32.2. The SMILES string of the molecule is CSCCC(NS(=O)(=O)c1ccccc1F)C(=O)Nc1ccc2[nH]ncc2c1. The molecule has 148 valence electrons. The summed E-state index contributed by atoms with van der Waals surface area (Å²) < 4.78 is 41.4. The maximum Gasteiger partial charge on any atom is 0.244 e. The number of anilines is 1. The van der Waals surface area contributed by atoms with Crippen LogP contribution >= 0.6 is 11.8 Å². The van der Waals surface area contributed by atoms with Crippen LogP contribution in [0.25, 0.3) is 10.9 Å². The molecule has 0 radical (unpaired) electrons. The predicted octanol–water partition coefficient (Wildman–Crippen LogP) is 2.74. The van der Waals surface area contributed by atoms with Gasteiger partial charge in [-0.1, -0.05) is 12.1 Å². The maximum atomic E-state index is 13.9. The molecule has 0 aliphatic rings. The Kier molecular flexibility index (Phi) is 6.32. The van der Waals surface area contributed by atoms with Crippen molar-refractivity contribution in [2.45, 2.75) is 17.4 Å². The lowest BCUT2D eigenvalue weighted by molar-refractivity contribution is -0.117. The second-order valence-corrected chi connectivity index (χ2v) is 8.72. The van der Waals surface area contributed by atoms with Gasteiger partial charge < -0.3 is 5.32 Å². The number of carbonyl (C=O) groups is 1. The second-order valence-electron chi connectivity index (χ2n) is 6.05. The molecular weight excluding hydrogens is 403 g/mol. The Morgan fingerprint density at radius 2 is 2.07 bits per heavy atom. The van der Waals surface area contributed by atoms with Gasteiger partial charge >= 0.3 is 0 Å². The molecule has 2 aromatic carbocycles. The summed E-state index contributed by atoms with van der Waals surface area (Å²) in [7, 11) is -4.19. The van der Waals surface area contributed by atoms with Crippen LogP contribution in [0.3, 0.4) is 0 Å². The number of benzene rings is 2. The fourth-order valence-corrected chi connectivity index (χ4v) is 4.42. The van der Waals surface area contributed by atoms with Crippen molar-refractivity contribution in [1.82, 2.24) is 14.9 Å². The molecule has 1 amide bonds. The van der Waals surface area contributed by atoms with Crippen LogP contribution in [0.5, 0.6) is 0 Å². The van der Waals surface area contributed by atoms with E-state index in [4.69, 9.17) is 0 Å². The van der Waals surface area contributed by atoms with Crippen molar-refractivity contribution in [3.8, 4) is 0 Å². The third kappa shape index (κ3) is 4.70. The molecule has 0 spiro atoms. The van der Waals surface area contributed by atoms with E-state index in [1.165, 1.54) is 23.9 Å². The molecule has 3 N–H and O–H groups in total. The normalized spacial score (nSPS) is 12.8. The van der Waals surface area contributed by atoms with E-state index in [1.807, 2.05) is 6.26 Å². The number of halogens is 1. The minimum Gasteiger partial charge on any atom is -0.325 e. The largest absolute Gasteiger partial charge is 0.325 e. The Labute approximate surface area is 166 Å². The van der Waals surface area contributed by atoms with E-state index in [1.54, 1.807) is 24.4 Å². The van der Waals surface area contributed by atoms with E-state index < -0.39 is 32.7 Å². The van der Waals surface area contributed by atoms with Gasteiger partial charge in [-0.05, 0) is 48.8 Å². The molecule has 7 nitrogen and oxygen atoms in total. The molecule has 0 aliphatic heterocycles. The number of fused-ring (bicyclic) bond motifs is 1. The summed E-state index contributed by atoms with van der Waals surface area (Å²) in [5.74, 6) is -0.834. The summed E-state index contributed by atoms with van der Waals surface area (Å²) >= 11 is 1.48. The third-order valence-corrected chi connectivity index (χ3v) is 6.21. The number of amides is 1. The summed E-state index contributed by atoms with van der Waals surface area (Å²) in [4.78, 5) is 12.2. The molecule has 1 aromatic heterocycles. The highest BCUT2D eigenvalue weighted by Crippen LogP contribution is 2.18. The van der Waals surface area contributed by atoms with Crippen LogP contribution in [0.15, 0.2) is 53.6 Å².